The molecule has 222 valence electrons. The quantitative estimate of drug-likeness (QED) is 0.287. The van der Waals surface area contributed by atoms with Crippen molar-refractivity contribution >= 4 is 44.9 Å². The second kappa shape index (κ2) is 10.6. The van der Waals surface area contributed by atoms with Gasteiger partial charge in [0, 0.05) is 55.6 Å². The Bertz CT molecular complexity index is 1730. The molecule has 0 radical (unpaired) electrons. The summed E-state index contributed by atoms with van der Waals surface area (Å²) in [6, 6.07) is 8.58. The van der Waals surface area contributed by atoms with E-state index >= 15 is 0 Å². The van der Waals surface area contributed by atoms with Gasteiger partial charge in [0.25, 0.3) is 5.56 Å². The summed E-state index contributed by atoms with van der Waals surface area (Å²) in [6.07, 6.45) is 5.30. The first-order valence-electron chi connectivity index (χ1n) is 14.2. The number of benzene rings is 2. The van der Waals surface area contributed by atoms with Crippen LogP contribution in [0.25, 0.3) is 21.7 Å². The number of nitrogens with one attached hydrogen (secondary N) is 1. The molecule has 2 aliphatic rings. The average molecular weight is 596 g/mol. The zero-order chi connectivity index (χ0) is 29.8. The highest BCUT2D eigenvalue weighted by molar-refractivity contribution is 6.35. The van der Waals surface area contributed by atoms with E-state index in [1.807, 2.05) is 32.9 Å². The van der Waals surface area contributed by atoms with Crippen LogP contribution in [0.2, 0.25) is 5.02 Å². The number of halogens is 2. The minimum Gasteiger partial charge on any atom is -0.490 e. The van der Waals surface area contributed by atoms with Gasteiger partial charge in [0.2, 0.25) is 0 Å². The molecule has 2 aromatic heterocycles. The van der Waals surface area contributed by atoms with Crippen LogP contribution in [0.4, 0.5) is 10.1 Å². The summed E-state index contributed by atoms with van der Waals surface area (Å²) in [7, 11) is 1.71. The molecule has 9 nitrogen and oxygen atoms in total. The second-order valence-corrected chi connectivity index (χ2v) is 13.0. The van der Waals surface area contributed by atoms with Crippen molar-refractivity contribution < 1.29 is 18.7 Å². The van der Waals surface area contributed by atoms with Gasteiger partial charge in [-0.15, -0.1) is 0 Å². The molecule has 1 spiro atoms. The standard InChI is InChI=1S/C31H35ClFN5O4/c1-30(2,3)42-27(39)16-38-25-12-24(23(33)11-19(25)15-35-38)34-8-10-37-17-31(18-37)13-20(14-31)41-26-6-5-22(32)28-21(26)7-9-36(4)29(28)40/h5-7,9,11-12,15,20,34H,8,10,13-14,16-18H2,1-4H3. The predicted molar refractivity (Wildman–Crippen MR) is 161 cm³/mol. The number of hydrogen-bond acceptors (Lipinski definition) is 7. The van der Waals surface area contributed by atoms with Crippen molar-refractivity contribution in [2.24, 2.45) is 12.5 Å². The SMILES string of the molecule is Cn1ccc2c(OC3CC4(C3)CN(CCNc3cc5c(cnn5CC(=O)OC(C)(C)C)cc3F)C4)ccc(Cl)c2c1=O. The minimum atomic E-state index is -0.589. The van der Waals surface area contributed by atoms with E-state index in [4.69, 9.17) is 21.1 Å². The Morgan fingerprint density at radius 2 is 1.98 bits per heavy atom. The maximum Gasteiger partial charge on any atom is 0.328 e. The van der Waals surface area contributed by atoms with E-state index in [1.54, 1.807) is 31.6 Å². The molecule has 1 saturated heterocycles. The van der Waals surface area contributed by atoms with Crippen molar-refractivity contribution in [3.05, 3.63) is 63.9 Å². The van der Waals surface area contributed by atoms with Crippen LogP contribution in [0.3, 0.4) is 0 Å². The van der Waals surface area contributed by atoms with Crippen molar-refractivity contribution in [3.63, 3.8) is 0 Å². The van der Waals surface area contributed by atoms with Crippen molar-refractivity contribution in [2.45, 2.75) is 51.9 Å². The topological polar surface area (TPSA) is 90.6 Å². The number of carbonyl (C=O) groups excluding carboxylic acids is 1. The molecule has 2 aromatic carbocycles. The first-order chi connectivity index (χ1) is 19.9. The largest absolute Gasteiger partial charge is 0.490 e. The fourth-order valence-electron chi connectivity index (χ4n) is 6.18. The van der Waals surface area contributed by atoms with E-state index in [0.717, 1.165) is 37.9 Å². The number of nitrogens with zero attached hydrogens (tertiary/aromatic N) is 4. The van der Waals surface area contributed by atoms with Gasteiger partial charge in [-0.3, -0.25) is 14.3 Å². The Balaban J connectivity index is 0.998. The van der Waals surface area contributed by atoms with Gasteiger partial charge in [-0.25, -0.2) is 4.39 Å². The normalized spacial score (nSPS) is 16.9. The number of aryl methyl sites for hydroxylation is 1. The smallest absolute Gasteiger partial charge is 0.328 e. The molecule has 4 aromatic rings. The van der Waals surface area contributed by atoms with Gasteiger partial charge in [-0.1, -0.05) is 11.6 Å². The van der Waals surface area contributed by atoms with E-state index in [0.29, 0.717) is 39.3 Å². The number of carbonyl (C=O) groups is 1. The van der Waals surface area contributed by atoms with Crippen LogP contribution in [-0.4, -0.2) is 63.1 Å². The molecule has 11 heteroatoms. The van der Waals surface area contributed by atoms with Crippen LogP contribution in [0.1, 0.15) is 33.6 Å². The number of ether oxygens (including phenoxy) is 2. The Hall–Kier alpha value is -3.63. The fraction of sp³-hybridized carbons (Fsp3) is 0.452. The summed E-state index contributed by atoms with van der Waals surface area (Å²) in [6.45, 7) is 8.72. The second-order valence-electron chi connectivity index (χ2n) is 12.6. The summed E-state index contributed by atoms with van der Waals surface area (Å²) in [5.41, 5.74) is 0.575. The number of aromatic nitrogens is 3. The first kappa shape index (κ1) is 28.5. The fourth-order valence-corrected chi connectivity index (χ4v) is 6.43. The van der Waals surface area contributed by atoms with E-state index < -0.39 is 11.6 Å². The molecule has 2 fully saturated rings. The summed E-state index contributed by atoms with van der Waals surface area (Å²) in [5.74, 6) is -0.0568. The van der Waals surface area contributed by atoms with Gasteiger partial charge in [0.05, 0.1) is 33.9 Å². The van der Waals surface area contributed by atoms with Gasteiger partial charge < -0.3 is 24.3 Å². The lowest BCUT2D eigenvalue weighted by Gasteiger charge is -2.58. The number of likely N-dealkylation sites (tertiary alicyclic amines) is 1. The van der Waals surface area contributed by atoms with Crippen LogP contribution in [-0.2, 0) is 23.1 Å². The van der Waals surface area contributed by atoms with Crippen LogP contribution < -0.4 is 15.6 Å². The third kappa shape index (κ3) is 5.57. The van der Waals surface area contributed by atoms with E-state index in [2.05, 4.69) is 15.3 Å². The summed E-state index contributed by atoms with van der Waals surface area (Å²) in [5, 5.41) is 9.74. The van der Waals surface area contributed by atoms with Crippen molar-refractivity contribution in [3.8, 4) is 5.75 Å². The van der Waals surface area contributed by atoms with Gasteiger partial charge >= 0.3 is 5.97 Å². The van der Waals surface area contributed by atoms with Crippen molar-refractivity contribution in [2.75, 3.05) is 31.5 Å². The van der Waals surface area contributed by atoms with E-state index in [1.165, 1.54) is 15.3 Å². The zero-order valence-corrected chi connectivity index (χ0v) is 25.0. The number of fused-ring (bicyclic) bond motifs is 2. The Morgan fingerprint density at radius 3 is 2.71 bits per heavy atom. The Morgan fingerprint density at radius 1 is 1.21 bits per heavy atom. The molecule has 3 heterocycles. The number of anilines is 1. The summed E-state index contributed by atoms with van der Waals surface area (Å²) >= 11 is 6.32. The van der Waals surface area contributed by atoms with Crippen LogP contribution in [0.15, 0.2) is 47.5 Å². The average Bonchev–Trinajstić information content (AvgIpc) is 3.24. The van der Waals surface area contributed by atoms with Gasteiger partial charge in [0.1, 0.15) is 23.7 Å². The third-order valence-corrected chi connectivity index (χ3v) is 8.37. The molecule has 1 aliphatic heterocycles. The Kier molecular flexibility index (Phi) is 7.17. The molecule has 0 atom stereocenters. The highest BCUT2D eigenvalue weighted by Gasteiger charge is 2.53. The molecule has 1 N–H and O–H groups in total. The molecule has 0 amide bonds. The maximum absolute atomic E-state index is 14.8. The zero-order valence-electron chi connectivity index (χ0n) is 24.2. The predicted octanol–water partition coefficient (Wildman–Crippen LogP) is 4.98. The number of pyridine rings is 1. The lowest BCUT2D eigenvalue weighted by atomic mass is 9.62. The van der Waals surface area contributed by atoms with Gasteiger partial charge in [-0.2, -0.15) is 5.10 Å². The maximum atomic E-state index is 14.8. The molecule has 0 bridgehead atoms. The van der Waals surface area contributed by atoms with Crippen LogP contribution >= 0.6 is 11.6 Å². The highest BCUT2D eigenvalue weighted by atomic mass is 35.5. The van der Waals surface area contributed by atoms with Crippen molar-refractivity contribution in [1.82, 2.24) is 19.2 Å². The Labute approximate surface area is 248 Å². The molecule has 1 saturated carbocycles. The number of rotatable bonds is 8. The molecular formula is C31H35ClFN5O4. The van der Waals surface area contributed by atoms with Crippen molar-refractivity contribution in [1.29, 1.82) is 0 Å². The number of hydrogen-bond donors (Lipinski definition) is 1. The van der Waals surface area contributed by atoms with E-state index in [-0.39, 0.29) is 29.4 Å². The molecular weight excluding hydrogens is 561 g/mol. The highest BCUT2D eigenvalue weighted by Crippen LogP contribution is 2.50. The monoisotopic (exact) mass is 595 g/mol. The third-order valence-electron chi connectivity index (χ3n) is 8.06. The summed E-state index contributed by atoms with van der Waals surface area (Å²) in [4.78, 5) is 27.2. The van der Waals surface area contributed by atoms with Gasteiger partial charge in [0.15, 0.2) is 0 Å². The van der Waals surface area contributed by atoms with Crippen LogP contribution in [0.5, 0.6) is 5.75 Å². The number of esters is 1. The minimum absolute atomic E-state index is 0.0426. The van der Waals surface area contributed by atoms with Gasteiger partial charge in [-0.05, 0) is 63.9 Å². The molecule has 1 aliphatic carbocycles. The lowest BCUT2D eigenvalue weighted by Crippen LogP contribution is -2.65. The first-order valence-corrected chi connectivity index (χ1v) is 14.6. The molecule has 6 rings (SSSR count). The lowest BCUT2D eigenvalue weighted by molar-refractivity contribution is -0.155. The van der Waals surface area contributed by atoms with Crippen LogP contribution in [0, 0.1) is 11.2 Å². The molecule has 0 unspecified atom stereocenters. The summed E-state index contributed by atoms with van der Waals surface area (Å²) < 4.78 is 29.5. The van der Waals surface area contributed by atoms with E-state index in [9.17, 15) is 14.0 Å². The molecule has 42 heavy (non-hydrogen) atoms.